The third kappa shape index (κ3) is 1.50. The molecule has 0 aliphatic carbocycles. The van der Waals surface area contributed by atoms with E-state index < -0.39 is 5.97 Å². The number of benzene rings is 1. The number of fused-ring (bicyclic) bond motifs is 1. The molecule has 0 saturated carbocycles. The van der Waals surface area contributed by atoms with E-state index in [9.17, 15) is 4.79 Å². The predicted molar refractivity (Wildman–Crippen MR) is 62.1 cm³/mol. The number of aromatic carboxylic acids is 1. The minimum atomic E-state index is -1.02. The lowest BCUT2D eigenvalue weighted by atomic mass is 10.1. The molecule has 5 nitrogen and oxygen atoms in total. The summed E-state index contributed by atoms with van der Waals surface area (Å²) in [6.45, 7) is 0. The highest BCUT2D eigenvalue weighted by molar-refractivity contribution is 7.13. The molecular formula is C11H6N2O3S. The van der Waals surface area contributed by atoms with Crippen molar-refractivity contribution in [2.45, 2.75) is 0 Å². The zero-order chi connectivity index (χ0) is 11.8. The van der Waals surface area contributed by atoms with Crippen LogP contribution in [0, 0.1) is 0 Å². The highest BCUT2D eigenvalue weighted by atomic mass is 32.1. The van der Waals surface area contributed by atoms with Crippen molar-refractivity contribution in [3.8, 4) is 10.6 Å². The molecule has 3 aromatic rings. The number of hydrogen-bond acceptors (Lipinski definition) is 5. The van der Waals surface area contributed by atoms with Crippen molar-refractivity contribution < 1.29 is 14.3 Å². The van der Waals surface area contributed by atoms with Gasteiger partial charge in [0.2, 0.25) is 0 Å². The van der Waals surface area contributed by atoms with Crippen LogP contribution in [0.25, 0.3) is 21.7 Å². The van der Waals surface area contributed by atoms with E-state index >= 15 is 0 Å². The summed E-state index contributed by atoms with van der Waals surface area (Å²) in [6, 6.07) is 3.21. The van der Waals surface area contributed by atoms with Gasteiger partial charge in [-0.2, -0.15) is 0 Å². The van der Waals surface area contributed by atoms with Crippen molar-refractivity contribution in [2.75, 3.05) is 0 Å². The molecule has 6 heteroatoms. The van der Waals surface area contributed by atoms with Crippen LogP contribution in [0.2, 0.25) is 0 Å². The third-order valence-corrected chi connectivity index (χ3v) is 3.18. The summed E-state index contributed by atoms with van der Waals surface area (Å²) in [7, 11) is 0. The fourth-order valence-corrected chi connectivity index (χ4v) is 2.31. The SMILES string of the molecule is O=C(O)c1ccc(-c2nccs2)c2ocnc12. The molecule has 0 bridgehead atoms. The molecule has 1 N–H and O–H groups in total. The summed E-state index contributed by atoms with van der Waals surface area (Å²) in [4.78, 5) is 19.1. The first-order valence-corrected chi connectivity index (χ1v) is 5.64. The van der Waals surface area contributed by atoms with Gasteiger partial charge in [0, 0.05) is 11.6 Å². The van der Waals surface area contributed by atoms with E-state index in [4.69, 9.17) is 9.52 Å². The van der Waals surface area contributed by atoms with Crippen molar-refractivity contribution in [1.82, 2.24) is 9.97 Å². The Morgan fingerprint density at radius 1 is 1.35 bits per heavy atom. The number of aromatic nitrogens is 2. The quantitative estimate of drug-likeness (QED) is 0.752. The number of thiazole rings is 1. The molecule has 0 atom stereocenters. The molecule has 17 heavy (non-hydrogen) atoms. The Bertz CT molecular complexity index is 688. The second-order valence-corrected chi connectivity index (χ2v) is 4.23. The van der Waals surface area contributed by atoms with E-state index in [0.717, 1.165) is 10.6 Å². The average Bonchev–Trinajstić information content (AvgIpc) is 2.98. The summed E-state index contributed by atoms with van der Waals surface area (Å²) in [5, 5.41) is 11.7. The molecule has 0 radical (unpaired) electrons. The number of hydrogen-bond donors (Lipinski definition) is 1. The van der Waals surface area contributed by atoms with Gasteiger partial charge < -0.3 is 9.52 Å². The second kappa shape index (κ2) is 3.67. The van der Waals surface area contributed by atoms with Gasteiger partial charge in [0.15, 0.2) is 12.0 Å². The third-order valence-electron chi connectivity index (χ3n) is 2.38. The molecule has 0 fully saturated rings. The maximum Gasteiger partial charge on any atom is 0.338 e. The first kappa shape index (κ1) is 9.98. The highest BCUT2D eigenvalue weighted by Gasteiger charge is 2.17. The van der Waals surface area contributed by atoms with Crippen LogP contribution in [0.4, 0.5) is 0 Å². The van der Waals surface area contributed by atoms with E-state index in [1.54, 1.807) is 12.3 Å². The Kier molecular flexibility index (Phi) is 2.15. The van der Waals surface area contributed by atoms with Crippen LogP contribution >= 0.6 is 11.3 Å². The van der Waals surface area contributed by atoms with Crippen LogP contribution in [0.3, 0.4) is 0 Å². The van der Waals surface area contributed by atoms with E-state index in [-0.39, 0.29) is 5.56 Å². The lowest BCUT2D eigenvalue weighted by molar-refractivity contribution is 0.0699. The van der Waals surface area contributed by atoms with Gasteiger partial charge in [0.25, 0.3) is 0 Å². The van der Waals surface area contributed by atoms with Crippen molar-refractivity contribution in [1.29, 1.82) is 0 Å². The van der Waals surface area contributed by atoms with Crippen molar-refractivity contribution >= 4 is 28.4 Å². The van der Waals surface area contributed by atoms with E-state index in [1.807, 2.05) is 5.38 Å². The zero-order valence-corrected chi connectivity index (χ0v) is 9.27. The number of oxazole rings is 1. The monoisotopic (exact) mass is 246 g/mol. The lowest BCUT2D eigenvalue weighted by Crippen LogP contribution is -1.97. The van der Waals surface area contributed by atoms with Gasteiger partial charge in [-0.05, 0) is 12.1 Å². The van der Waals surface area contributed by atoms with Gasteiger partial charge in [-0.15, -0.1) is 11.3 Å². The molecule has 2 aromatic heterocycles. The molecule has 1 aromatic carbocycles. The number of carbonyl (C=O) groups is 1. The van der Waals surface area contributed by atoms with E-state index in [2.05, 4.69) is 9.97 Å². The van der Waals surface area contributed by atoms with E-state index in [1.165, 1.54) is 23.8 Å². The topological polar surface area (TPSA) is 76.2 Å². The summed E-state index contributed by atoms with van der Waals surface area (Å²) < 4.78 is 5.26. The summed E-state index contributed by atoms with van der Waals surface area (Å²) in [5.74, 6) is -1.02. The molecular weight excluding hydrogens is 240 g/mol. The van der Waals surface area contributed by atoms with Crippen LogP contribution < -0.4 is 0 Å². The van der Waals surface area contributed by atoms with Gasteiger partial charge in [-0.1, -0.05) is 0 Å². The lowest BCUT2D eigenvalue weighted by Gasteiger charge is -1.99. The number of nitrogens with zero attached hydrogens (tertiary/aromatic N) is 2. The van der Waals surface area contributed by atoms with Gasteiger partial charge >= 0.3 is 5.97 Å². The van der Waals surface area contributed by atoms with Gasteiger partial charge in [0.05, 0.1) is 11.1 Å². The van der Waals surface area contributed by atoms with Crippen molar-refractivity contribution in [3.63, 3.8) is 0 Å². The molecule has 0 aliphatic rings. The van der Waals surface area contributed by atoms with Crippen LogP contribution in [0.1, 0.15) is 10.4 Å². The molecule has 0 saturated heterocycles. The normalized spacial score (nSPS) is 10.8. The number of carboxylic acid groups (broad SMARTS) is 1. The van der Waals surface area contributed by atoms with Gasteiger partial charge in [-0.25, -0.2) is 14.8 Å². The van der Waals surface area contributed by atoms with Crippen molar-refractivity contribution in [3.05, 3.63) is 35.7 Å². The highest BCUT2D eigenvalue weighted by Crippen LogP contribution is 2.31. The standard InChI is InChI=1S/C11H6N2O3S/c14-11(15)6-1-2-7(10-12-3-4-17-10)9-8(6)13-5-16-9/h1-5H,(H,14,15). The minimum Gasteiger partial charge on any atom is -0.478 e. The molecule has 2 heterocycles. The number of carboxylic acids is 1. The van der Waals surface area contributed by atoms with Crippen LogP contribution in [0.5, 0.6) is 0 Å². The minimum absolute atomic E-state index is 0.133. The first-order valence-electron chi connectivity index (χ1n) is 4.77. The molecule has 0 aliphatic heterocycles. The molecule has 0 amide bonds. The Hall–Kier alpha value is -2.21. The van der Waals surface area contributed by atoms with Gasteiger partial charge in [-0.3, -0.25) is 0 Å². The number of rotatable bonds is 2. The fourth-order valence-electron chi connectivity index (χ4n) is 1.65. The maximum atomic E-state index is 11.0. The largest absolute Gasteiger partial charge is 0.478 e. The average molecular weight is 246 g/mol. The Labute approximate surface area is 99.4 Å². The Morgan fingerprint density at radius 2 is 2.24 bits per heavy atom. The van der Waals surface area contributed by atoms with Crippen LogP contribution in [-0.2, 0) is 0 Å². The van der Waals surface area contributed by atoms with Crippen molar-refractivity contribution in [2.24, 2.45) is 0 Å². The summed E-state index contributed by atoms with van der Waals surface area (Å²) in [6.07, 6.45) is 2.93. The molecule has 0 unspecified atom stereocenters. The predicted octanol–water partition coefficient (Wildman–Crippen LogP) is 2.65. The Morgan fingerprint density at radius 3 is 2.94 bits per heavy atom. The summed E-state index contributed by atoms with van der Waals surface area (Å²) >= 11 is 1.46. The van der Waals surface area contributed by atoms with E-state index in [0.29, 0.717) is 11.1 Å². The molecule has 0 spiro atoms. The Balaban J connectivity index is 2.33. The maximum absolute atomic E-state index is 11.0. The smallest absolute Gasteiger partial charge is 0.338 e. The second-order valence-electron chi connectivity index (χ2n) is 3.33. The first-order chi connectivity index (χ1) is 8.27. The summed E-state index contributed by atoms with van der Waals surface area (Å²) in [5.41, 5.74) is 1.71. The van der Waals surface area contributed by atoms with Crippen LogP contribution in [0.15, 0.2) is 34.5 Å². The van der Waals surface area contributed by atoms with Gasteiger partial charge in [0.1, 0.15) is 10.5 Å². The zero-order valence-electron chi connectivity index (χ0n) is 8.45. The molecule has 3 rings (SSSR count). The fraction of sp³-hybridized carbons (Fsp3) is 0. The molecule has 84 valence electrons. The van der Waals surface area contributed by atoms with Crippen LogP contribution in [-0.4, -0.2) is 21.0 Å².